The number of carbonyl (C=O) groups excluding carboxylic acids is 1. The Morgan fingerprint density at radius 1 is 0.943 bits per heavy atom. The van der Waals surface area contributed by atoms with Crippen LogP contribution < -0.4 is 10.2 Å². The molecular weight excluding hydrogens is 438 g/mol. The Hall–Kier alpha value is -3.19. The van der Waals surface area contributed by atoms with Gasteiger partial charge in [-0.3, -0.25) is 4.79 Å². The topological polar surface area (TPSA) is 76.0 Å². The average Bonchev–Trinajstić information content (AvgIpc) is 2.89. The molecule has 0 aromatic heterocycles. The number of aliphatic hydroxyl groups excluding tert-OH is 2. The van der Waals surface area contributed by atoms with Gasteiger partial charge in [-0.05, 0) is 66.9 Å². The second kappa shape index (κ2) is 11.0. The minimum Gasteiger partial charge on any atom is -0.393 e. The summed E-state index contributed by atoms with van der Waals surface area (Å²) in [6.07, 6.45) is -0.871. The number of amides is 1. The monoisotopic (exact) mass is 473 g/mol. The number of likely N-dealkylation sites (N-methyl/N-ethyl adjacent to an activating group) is 1. The Kier molecular flexibility index (Phi) is 7.86. The van der Waals surface area contributed by atoms with E-state index in [4.69, 9.17) is 5.11 Å². The van der Waals surface area contributed by atoms with Crippen LogP contribution in [0.5, 0.6) is 0 Å². The van der Waals surface area contributed by atoms with Crippen molar-refractivity contribution in [1.82, 2.24) is 10.2 Å². The molecule has 35 heavy (non-hydrogen) atoms. The number of rotatable bonds is 7. The fourth-order valence-electron chi connectivity index (χ4n) is 4.46. The van der Waals surface area contributed by atoms with Gasteiger partial charge in [-0.25, -0.2) is 0 Å². The number of nitrogens with one attached hydrogen (secondary N) is 1. The summed E-state index contributed by atoms with van der Waals surface area (Å²) in [5.74, 6) is -0.0706. The highest BCUT2D eigenvalue weighted by Crippen LogP contribution is 2.26. The van der Waals surface area contributed by atoms with Gasteiger partial charge in [-0.2, -0.15) is 0 Å². The Bertz CT molecular complexity index is 1150. The molecule has 184 valence electrons. The van der Waals surface area contributed by atoms with E-state index in [1.165, 1.54) is 0 Å². The largest absolute Gasteiger partial charge is 0.393 e. The van der Waals surface area contributed by atoms with Crippen LogP contribution in [0.3, 0.4) is 0 Å². The van der Waals surface area contributed by atoms with Gasteiger partial charge in [0.2, 0.25) is 0 Å². The number of hydrogen-bond acceptors (Lipinski definition) is 5. The van der Waals surface area contributed by atoms with Crippen LogP contribution in [-0.2, 0) is 0 Å². The first-order valence-electron chi connectivity index (χ1n) is 12.2. The number of hydrogen-bond donors (Lipinski definition) is 3. The van der Waals surface area contributed by atoms with Gasteiger partial charge in [0.15, 0.2) is 0 Å². The van der Waals surface area contributed by atoms with Gasteiger partial charge in [0.05, 0.1) is 12.6 Å². The molecule has 3 aromatic rings. The molecule has 6 heteroatoms. The SMILES string of the molecule is Cc1ccc(N2CCN(C)CC2)cc1C(=O)N[C@H](C)c1cccc(-c2ccc(C(O)CO)cc2)c1. The molecule has 1 unspecified atom stereocenters. The van der Waals surface area contributed by atoms with Crippen molar-refractivity contribution < 1.29 is 15.0 Å². The zero-order chi connectivity index (χ0) is 24.9. The summed E-state index contributed by atoms with van der Waals surface area (Å²) in [6, 6.07) is 21.6. The first-order chi connectivity index (χ1) is 16.9. The number of nitrogens with zero attached hydrogens (tertiary/aromatic N) is 2. The molecule has 1 heterocycles. The van der Waals surface area contributed by atoms with E-state index in [1.807, 2.05) is 68.4 Å². The number of carbonyl (C=O) groups is 1. The van der Waals surface area contributed by atoms with Crippen LogP contribution in [0.1, 0.15) is 46.1 Å². The first kappa shape index (κ1) is 24.9. The van der Waals surface area contributed by atoms with Gasteiger partial charge in [-0.15, -0.1) is 0 Å². The van der Waals surface area contributed by atoms with Gasteiger partial charge in [0.1, 0.15) is 6.10 Å². The molecule has 1 fully saturated rings. The van der Waals surface area contributed by atoms with Crippen LogP contribution in [0, 0.1) is 6.92 Å². The summed E-state index contributed by atoms with van der Waals surface area (Å²) >= 11 is 0. The number of benzene rings is 3. The van der Waals surface area contributed by atoms with Gasteiger partial charge in [0.25, 0.3) is 5.91 Å². The number of aliphatic hydroxyl groups is 2. The molecule has 0 spiro atoms. The lowest BCUT2D eigenvalue weighted by molar-refractivity contribution is 0.0939. The molecule has 0 bridgehead atoms. The molecular formula is C29H35N3O3. The van der Waals surface area contributed by atoms with Crippen LogP contribution in [-0.4, -0.2) is 60.9 Å². The summed E-state index contributed by atoms with van der Waals surface area (Å²) in [6.45, 7) is 7.64. The van der Waals surface area contributed by atoms with Crippen molar-refractivity contribution in [2.24, 2.45) is 0 Å². The van der Waals surface area contributed by atoms with Crippen LogP contribution in [0.15, 0.2) is 66.7 Å². The van der Waals surface area contributed by atoms with E-state index in [0.717, 1.165) is 54.1 Å². The molecule has 1 aliphatic rings. The maximum atomic E-state index is 13.2. The summed E-state index contributed by atoms with van der Waals surface area (Å²) in [7, 11) is 2.14. The first-order valence-corrected chi connectivity index (χ1v) is 12.2. The van der Waals surface area contributed by atoms with Crippen molar-refractivity contribution in [2.75, 3.05) is 44.7 Å². The van der Waals surface area contributed by atoms with E-state index in [0.29, 0.717) is 11.1 Å². The fourth-order valence-corrected chi connectivity index (χ4v) is 4.46. The normalized spacial score (nSPS) is 16.1. The Labute approximate surface area is 207 Å². The molecule has 1 saturated heterocycles. The van der Waals surface area contributed by atoms with Crippen molar-refractivity contribution in [3.05, 3.63) is 89.0 Å². The average molecular weight is 474 g/mol. The maximum absolute atomic E-state index is 13.2. The zero-order valence-corrected chi connectivity index (χ0v) is 20.7. The van der Waals surface area contributed by atoms with Crippen molar-refractivity contribution in [1.29, 1.82) is 0 Å². The van der Waals surface area contributed by atoms with Gasteiger partial charge < -0.3 is 25.3 Å². The molecule has 6 nitrogen and oxygen atoms in total. The lowest BCUT2D eigenvalue weighted by Gasteiger charge is -2.34. The molecule has 4 rings (SSSR count). The standard InChI is InChI=1S/C29H35N3O3/c1-20-7-12-26(32-15-13-31(3)14-16-32)18-27(20)29(35)30-21(2)24-5-4-6-25(17-24)22-8-10-23(11-9-22)28(34)19-33/h4-12,17-18,21,28,33-34H,13-16,19H2,1-3H3,(H,30,35)/t21-,28?/m1/s1. The lowest BCUT2D eigenvalue weighted by Crippen LogP contribution is -2.44. The van der Waals surface area contributed by atoms with Crippen LogP contribution in [0.4, 0.5) is 5.69 Å². The smallest absolute Gasteiger partial charge is 0.252 e. The van der Waals surface area contributed by atoms with Crippen molar-refractivity contribution in [2.45, 2.75) is 26.0 Å². The Morgan fingerprint density at radius 3 is 2.34 bits per heavy atom. The van der Waals surface area contributed by atoms with Crippen LogP contribution in [0.25, 0.3) is 11.1 Å². The highest BCUT2D eigenvalue weighted by atomic mass is 16.3. The number of aryl methyl sites for hydroxylation is 1. The summed E-state index contributed by atoms with van der Waals surface area (Å²) in [4.78, 5) is 17.9. The van der Waals surface area contributed by atoms with E-state index in [9.17, 15) is 9.90 Å². The van der Waals surface area contributed by atoms with E-state index >= 15 is 0 Å². The minimum atomic E-state index is -0.871. The molecule has 0 radical (unpaired) electrons. The summed E-state index contributed by atoms with van der Waals surface area (Å²) in [5.41, 5.74) is 6.51. The van der Waals surface area contributed by atoms with Gasteiger partial charge in [-0.1, -0.05) is 48.5 Å². The highest BCUT2D eigenvalue weighted by Gasteiger charge is 2.18. The van der Waals surface area contributed by atoms with Gasteiger partial charge >= 0.3 is 0 Å². The third-order valence-electron chi connectivity index (χ3n) is 6.87. The third-order valence-corrected chi connectivity index (χ3v) is 6.87. The second-order valence-corrected chi connectivity index (χ2v) is 9.43. The Morgan fingerprint density at radius 2 is 1.66 bits per heavy atom. The highest BCUT2D eigenvalue weighted by molar-refractivity contribution is 5.97. The van der Waals surface area contributed by atoms with E-state index < -0.39 is 6.10 Å². The van der Waals surface area contributed by atoms with Crippen molar-refractivity contribution >= 4 is 11.6 Å². The number of anilines is 1. The number of piperazine rings is 1. The zero-order valence-electron chi connectivity index (χ0n) is 20.7. The lowest BCUT2D eigenvalue weighted by atomic mass is 9.98. The van der Waals surface area contributed by atoms with Crippen molar-refractivity contribution in [3.63, 3.8) is 0 Å². The summed E-state index contributed by atoms with van der Waals surface area (Å²) < 4.78 is 0. The fraction of sp³-hybridized carbons (Fsp3) is 0.345. The molecule has 1 amide bonds. The maximum Gasteiger partial charge on any atom is 0.252 e. The molecule has 3 aromatic carbocycles. The van der Waals surface area contributed by atoms with E-state index in [1.54, 1.807) is 0 Å². The molecule has 0 aliphatic carbocycles. The van der Waals surface area contributed by atoms with E-state index in [2.05, 4.69) is 34.3 Å². The quantitative estimate of drug-likeness (QED) is 0.485. The van der Waals surface area contributed by atoms with E-state index in [-0.39, 0.29) is 18.6 Å². The molecule has 2 atom stereocenters. The van der Waals surface area contributed by atoms with Crippen molar-refractivity contribution in [3.8, 4) is 11.1 Å². The predicted molar refractivity (Wildman–Crippen MR) is 141 cm³/mol. The minimum absolute atomic E-state index is 0.0706. The summed E-state index contributed by atoms with van der Waals surface area (Å²) in [5, 5.41) is 22.1. The second-order valence-electron chi connectivity index (χ2n) is 9.43. The third kappa shape index (κ3) is 5.90. The molecule has 0 saturated carbocycles. The molecule has 3 N–H and O–H groups in total. The predicted octanol–water partition coefficient (Wildman–Crippen LogP) is 3.93. The Balaban J connectivity index is 1.48. The van der Waals surface area contributed by atoms with Crippen LogP contribution >= 0.6 is 0 Å². The molecule has 1 aliphatic heterocycles. The van der Waals surface area contributed by atoms with Gasteiger partial charge in [0, 0.05) is 37.4 Å². The van der Waals surface area contributed by atoms with Crippen LogP contribution in [0.2, 0.25) is 0 Å².